The molecule has 5 heteroatoms. The van der Waals surface area contributed by atoms with Crippen molar-refractivity contribution in [2.24, 2.45) is 0 Å². The lowest BCUT2D eigenvalue weighted by molar-refractivity contribution is -0.124. The number of carbonyl (C=O) groups excluding carboxylic acids is 1. The zero-order valence-electron chi connectivity index (χ0n) is 43.7. The first-order valence-electron chi connectivity index (χ1n) is 29.5. The summed E-state index contributed by atoms with van der Waals surface area (Å²) in [4.78, 5) is 12.5. The topological polar surface area (TPSA) is 89.8 Å². The van der Waals surface area contributed by atoms with Gasteiger partial charge in [-0.05, 0) is 38.5 Å². The Morgan fingerprint density at radius 2 is 0.625 bits per heavy atom. The van der Waals surface area contributed by atoms with Gasteiger partial charge in [-0.2, -0.15) is 0 Å². The molecule has 0 aromatic heterocycles. The fourth-order valence-corrected chi connectivity index (χ4v) is 9.58. The van der Waals surface area contributed by atoms with E-state index in [1.807, 2.05) is 0 Å². The lowest BCUT2D eigenvalue weighted by atomic mass is 10.0. The Hall–Kier alpha value is -0.910. The number of unbranched alkanes of at least 4 members (excludes halogenated alkanes) is 45. The normalized spacial score (nSPS) is 13.3. The van der Waals surface area contributed by atoms with E-state index >= 15 is 0 Å². The lowest BCUT2D eigenvalue weighted by Crippen LogP contribution is -2.50. The summed E-state index contributed by atoms with van der Waals surface area (Å²) in [6.45, 7) is 4.22. The van der Waals surface area contributed by atoms with Crippen molar-refractivity contribution in [1.82, 2.24) is 5.32 Å². The molecule has 0 saturated carbocycles. The van der Waals surface area contributed by atoms with Crippen molar-refractivity contribution in [3.8, 4) is 0 Å². The van der Waals surface area contributed by atoms with Gasteiger partial charge in [0.1, 0.15) is 6.10 Å². The predicted octanol–water partition coefficient (Wildman–Crippen LogP) is 18.3. The van der Waals surface area contributed by atoms with E-state index in [1.165, 1.54) is 270 Å². The van der Waals surface area contributed by atoms with E-state index in [9.17, 15) is 20.1 Å². The van der Waals surface area contributed by atoms with Crippen LogP contribution in [0, 0.1) is 0 Å². The number of aliphatic hydroxyl groups is 3. The van der Waals surface area contributed by atoms with Gasteiger partial charge >= 0.3 is 0 Å². The van der Waals surface area contributed by atoms with Crippen LogP contribution < -0.4 is 5.32 Å². The van der Waals surface area contributed by atoms with E-state index < -0.39 is 18.2 Å². The van der Waals surface area contributed by atoms with Crippen LogP contribution in [0.2, 0.25) is 0 Å². The number of hydrogen-bond donors (Lipinski definition) is 4. The molecule has 0 spiro atoms. The van der Waals surface area contributed by atoms with Gasteiger partial charge in [0.25, 0.3) is 0 Å². The Morgan fingerprint density at radius 3 is 0.906 bits per heavy atom. The van der Waals surface area contributed by atoms with Crippen molar-refractivity contribution in [2.45, 2.75) is 353 Å². The number of aliphatic hydroxyl groups excluding tert-OH is 3. The molecule has 382 valence electrons. The van der Waals surface area contributed by atoms with Crippen LogP contribution in [-0.2, 0) is 4.79 Å². The first-order chi connectivity index (χ1) is 31.6. The van der Waals surface area contributed by atoms with Crippen molar-refractivity contribution < 1.29 is 20.1 Å². The molecule has 0 aromatic rings. The van der Waals surface area contributed by atoms with Crippen LogP contribution in [0.15, 0.2) is 12.2 Å². The second kappa shape index (κ2) is 54.7. The van der Waals surface area contributed by atoms with Gasteiger partial charge in [-0.25, -0.2) is 0 Å². The number of rotatable bonds is 55. The molecular formula is C59H117NO4. The van der Waals surface area contributed by atoms with Crippen LogP contribution in [0.5, 0.6) is 0 Å². The molecule has 0 rings (SSSR count). The first-order valence-corrected chi connectivity index (χ1v) is 29.5. The van der Waals surface area contributed by atoms with Crippen LogP contribution in [0.4, 0.5) is 0 Å². The Labute approximate surface area is 401 Å². The molecule has 0 saturated heterocycles. The quantitative estimate of drug-likeness (QED) is 0.0362. The average molecular weight is 905 g/mol. The van der Waals surface area contributed by atoms with E-state index in [1.54, 1.807) is 0 Å². The molecule has 4 N–H and O–H groups in total. The standard InChI is InChI=1S/C59H117NO4/c1-3-5-7-9-11-13-15-17-19-21-23-25-27-29-30-32-34-36-38-40-42-44-46-48-50-52-54-58(63)60-56(55-61)59(64)57(62)53-51-49-47-45-43-41-39-37-35-33-31-28-26-24-22-20-18-16-14-12-10-8-6-4-2/h45,47,56-57,59,61-62,64H,3-44,46,48-55H2,1-2H3,(H,60,63)/b47-45+. The van der Waals surface area contributed by atoms with Crippen LogP contribution in [-0.4, -0.2) is 46.1 Å². The van der Waals surface area contributed by atoms with E-state index in [0.29, 0.717) is 12.8 Å². The van der Waals surface area contributed by atoms with Crippen molar-refractivity contribution in [2.75, 3.05) is 6.61 Å². The zero-order chi connectivity index (χ0) is 46.5. The molecule has 64 heavy (non-hydrogen) atoms. The lowest BCUT2D eigenvalue weighted by Gasteiger charge is -2.26. The largest absolute Gasteiger partial charge is 0.394 e. The summed E-state index contributed by atoms with van der Waals surface area (Å²) in [6.07, 6.45) is 68.1. The maximum atomic E-state index is 12.5. The highest BCUT2D eigenvalue weighted by Gasteiger charge is 2.26. The maximum Gasteiger partial charge on any atom is 0.220 e. The van der Waals surface area contributed by atoms with Crippen molar-refractivity contribution in [1.29, 1.82) is 0 Å². The summed E-state index contributed by atoms with van der Waals surface area (Å²) in [6, 6.07) is -0.823. The Balaban J connectivity index is 3.52. The summed E-state index contributed by atoms with van der Waals surface area (Å²) < 4.78 is 0. The van der Waals surface area contributed by atoms with Gasteiger partial charge in [0, 0.05) is 6.42 Å². The van der Waals surface area contributed by atoms with E-state index in [-0.39, 0.29) is 12.5 Å². The fraction of sp³-hybridized carbons (Fsp3) is 0.949. The van der Waals surface area contributed by atoms with Crippen molar-refractivity contribution in [3.05, 3.63) is 12.2 Å². The van der Waals surface area contributed by atoms with Gasteiger partial charge in [-0.3, -0.25) is 4.79 Å². The molecule has 0 aromatic carbocycles. The van der Waals surface area contributed by atoms with Gasteiger partial charge in [-0.15, -0.1) is 0 Å². The monoisotopic (exact) mass is 904 g/mol. The van der Waals surface area contributed by atoms with Gasteiger partial charge in [-0.1, -0.05) is 302 Å². The molecule has 0 fully saturated rings. The Kier molecular flexibility index (Phi) is 53.9. The summed E-state index contributed by atoms with van der Waals surface area (Å²) >= 11 is 0. The third kappa shape index (κ3) is 49.0. The summed E-state index contributed by atoms with van der Waals surface area (Å²) in [5.74, 6) is -0.146. The first kappa shape index (κ1) is 63.1. The third-order valence-electron chi connectivity index (χ3n) is 14.1. The minimum atomic E-state index is -1.16. The SMILES string of the molecule is CCCCCCCCCCCCCCCCCCCCC/C=C/CCCC(O)C(O)C(CO)NC(=O)CCCCCCCCCCCCCCCCCCCCCCCCCCCC. The number of nitrogens with one attached hydrogen (secondary N) is 1. The van der Waals surface area contributed by atoms with Gasteiger partial charge < -0.3 is 20.6 Å². The van der Waals surface area contributed by atoms with Crippen LogP contribution in [0.3, 0.4) is 0 Å². The molecule has 5 nitrogen and oxygen atoms in total. The summed E-state index contributed by atoms with van der Waals surface area (Å²) in [5, 5.41) is 33.8. The van der Waals surface area contributed by atoms with E-state index in [0.717, 1.165) is 38.5 Å². The van der Waals surface area contributed by atoms with Crippen LogP contribution >= 0.6 is 0 Å². The number of carbonyl (C=O) groups is 1. The number of allylic oxidation sites excluding steroid dienone is 2. The average Bonchev–Trinajstić information content (AvgIpc) is 3.30. The molecule has 0 radical (unpaired) electrons. The van der Waals surface area contributed by atoms with E-state index in [2.05, 4.69) is 31.3 Å². The Bertz CT molecular complexity index is 909. The highest BCUT2D eigenvalue weighted by Crippen LogP contribution is 2.18. The maximum absolute atomic E-state index is 12.5. The van der Waals surface area contributed by atoms with Gasteiger partial charge in [0.2, 0.25) is 5.91 Å². The van der Waals surface area contributed by atoms with Crippen molar-refractivity contribution in [3.63, 3.8) is 0 Å². The van der Waals surface area contributed by atoms with Gasteiger partial charge in [0.05, 0.1) is 18.8 Å². The molecule has 0 aliphatic rings. The summed E-state index contributed by atoms with van der Waals surface area (Å²) in [7, 11) is 0. The molecular weight excluding hydrogens is 787 g/mol. The van der Waals surface area contributed by atoms with Crippen LogP contribution in [0.25, 0.3) is 0 Å². The minimum absolute atomic E-state index is 0.146. The minimum Gasteiger partial charge on any atom is -0.394 e. The second-order valence-corrected chi connectivity index (χ2v) is 20.6. The molecule has 0 aliphatic carbocycles. The fourth-order valence-electron chi connectivity index (χ4n) is 9.58. The highest BCUT2D eigenvalue weighted by atomic mass is 16.3. The molecule has 3 unspecified atom stereocenters. The molecule has 0 heterocycles. The molecule has 0 aliphatic heterocycles. The third-order valence-corrected chi connectivity index (χ3v) is 14.1. The number of amides is 1. The second-order valence-electron chi connectivity index (χ2n) is 20.6. The number of hydrogen-bond acceptors (Lipinski definition) is 4. The molecule has 3 atom stereocenters. The zero-order valence-corrected chi connectivity index (χ0v) is 43.7. The highest BCUT2D eigenvalue weighted by molar-refractivity contribution is 5.76. The summed E-state index contributed by atoms with van der Waals surface area (Å²) in [5.41, 5.74) is 0. The van der Waals surface area contributed by atoms with E-state index in [4.69, 9.17) is 0 Å². The van der Waals surface area contributed by atoms with Gasteiger partial charge in [0.15, 0.2) is 0 Å². The Morgan fingerprint density at radius 1 is 0.375 bits per heavy atom. The smallest absolute Gasteiger partial charge is 0.220 e. The van der Waals surface area contributed by atoms with Crippen molar-refractivity contribution >= 4 is 5.91 Å². The van der Waals surface area contributed by atoms with Crippen LogP contribution in [0.1, 0.15) is 335 Å². The molecule has 0 bridgehead atoms. The molecule has 1 amide bonds. The predicted molar refractivity (Wildman–Crippen MR) is 282 cm³/mol.